The normalized spacial score (nSPS) is 14.3. The highest BCUT2D eigenvalue weighted by atomic mass is 19.4. The lowest BCUT2D eigenvalue weighted by molar-refractivity contribution is -0.136. The topological polar surface area (TPSA) is 63.3 Å². The van der Waals surface area contributed by atoms with Crippen LogP contribution in [0.25, 0.3) is 4.85 Å². The molecule has 0 bridgehead atoms. The van der Waals surface area contributed by atoms with Gasteiger partial charge in [0.2, 0.25) is 0 Å². The Morgan fingerprint density at radius 1 is 1.38 bits per heavy atom. The minimum atomic E-state index is -4.69. The summed E-state index contributed by atoms with van der Waals surface area (Å²) in [7, 11) is 0. The lowest BCUT2D eigenvalue weighted by atomic mass is 10.0. The van der Waals surface area contributed by atoms with Crippen molar-refractivity contribution in [2.75, 3.05) is 18.4 Å². The third-order valence-electron chi connectivity index (χ3n) is 4.59. The molecule has 1 aliphatic heterocycles. The van der Waals surface area contributed by atoms with Gasteiger partial charge in [-0.25, -0.2) is 4.85 Å². The third-order valence-corrected chi connectivity index (χ3v) is 4.59. The average molecular weight is 401 g/mol. The first kappa shape index (κ1) is 20.4. The number of amides is 1. The van der Waals surface area contributed by atoms with Gasteiger partial charge in [-0.2, -0.15) is 18.3 Å². The number of benzene rings is 1. The standard InChI is InChI=1S/C20H18F3N5O/c1-19(2,28-12-14(11-26-28)5-4-13-9-25-10-13)18(29)27-15-6-7-17(24-3)16(8-15)20(21,22)23/h6-8,11-13,25H,9-10H2,1-2H3,(H,27,29). The van der Waals surface area contributed by atoms with E-state index in [-0.39, 0.29) is 5.69 Å². The number of hydrogen-bond acceptors (Lipinski definition) is 3. The fourth-order valence-electron chi connectivity index (χ4n) is 2.60. The molecule has 29 heavy (non-hydrogen) atoms. The number of carbonyl (C=O) groups is 1. The molecule has 3 rings (SSSR count). The molecule has 0 aliphatic carbocycles. The molecule has 9 heteroatoms. The Hall–Kier alpha value is -3.30. The van der Waals surface area contributed by atoms with Gasteiger partial charge in [-0.3, -0.25) is 9.48 Å². The van der Waals surface area contributed by atoms with Crippen molar-refractivity contribution in [3.8, 4) is 11.8 Å². The maximum absolute atomic E-state index is 13.1. The molecule has 2 heterocycles. The van der Waals surface area contributed by atoms with Crippen molar-refractivity contribution < 1.29 is 18.0 Å². The maximum atomic E-state index is 13.1. The lowest BCUT2D eigenvalue weighted by Crippen LogP contribution is -2.41. The maximum Gasteiger partial charge on any atom is 0.407 e. The van der Waals surface area contributed by atoms with Gasteiger partial charge < -0.3 is 10.6 Å². The number of nitrogens with one attached hydrogen (secondary N) is 2. The van der Waals surface area contributed by atoms with Crippen LogP contribution >= 0.6 is 0 Å². The van der Waals surface area contributed by atoms with E-state index < -0.39 is 28.9 Å². The summed E-state index contributed by atoms with van der Waals surface area (Å²) >= 11 is 0. The molecule has 1 aliphatic rings. The zero-order chi connectivity index (χ0) is 21.2. The Morgan fingerprint density at radius 3 is 2.69 bits per heavy atom. The van der Waals surface area contributed by atoms with Crippen LogP contribution in [0.1, 0.15) is 25.0 Å². The first-order valence-electron chi connectivity index (χ1n) is 8.79. The van der Waals surface area contributed by atoms with Gasteiger partial charge in [-0.1, -0.05) is 17.9 Å². The number of halogens is 3. The van der Waals surface area contributed by atoms with Crippen molar-refractivity contribution in [1.29, 1.82) is 0 Å². The number of anilines is 1. The number of nitrogens with zero attached hydrogens (tertiary/aromatic N) is 3. The third kappa shape index (κ3) is 4.41. The molecule has 0 spiro atoms. The van der Waals surface area contributed by atoms with E-state index in [9.17, 15) is 18.0 Å². The Bertz CT molecular complexity index is 1030. The Labute approximate surface area is 165 Å². The molecule has 0 radical (unpaired) electrons. The number of hydrogen-bond donors (Lipinski definition) is 2. The van der Waals surface area contributed by atoms with E-state index in [1.807, 2.05) is 0 Å². The van der Waals surface area contributed by atoms with Crippen molar-refractivity contribution in [2.24, 2.45) is 5.92 Å². The lowest BCUT2D eigenvalue weighted by Gasteiger charge is -2.24. The van der Waals surface area contributed by atoms with Gasteiger partial charge in [0.25, 0.3) is 5.91 Å². The average Bonchev–Trinajstić information content (AvgIpc) is 3.09. The molecule has 2 N–H and O–H groups in total. The fourth-order valence-corrected chi connectivity index (χ4v) is 2.60. The summed E-state index contributed by atoms with van der Waals surface area (Å²) in [5, 5.41) is 9.77. The van der Waals surface area contributed by atoms with E-state index >= 15 is 0 Å². The smallest absolute Gasteiger partial charge is 0.324 e. The fraction of sp³-hybridized carbons (Fsp3) is 0.350. The molecule has 1 aromatic carbocycles. The van der Waals surface area contributed by atoms with E-state index in [0.29, 0.717) is 11.5 Å². The number of aromatic nitrogens is 2. The summed E-state index contributed by atoms with van der Waals surface area (Å²) < 4.78 is 40.8. The first-order chi connectivity index (χ1) is 13.6. The summed E-state index contributed by atoms with van der Waals surface area (Å²) in [4.78, 5) is 15.6. The largest absolute Gasteiger partial charge is 0.407 e. The Balaban J connectivity index is 1.78. The Kier molecular flexibility index (Phi) is 5.36. The number of carbonyl (C=O) groups excluding carboxylic acids is 1. The van der Waals surface area contributed by atoms with Crippen LogP contribution < -0.4 is 10.6 Å². The SMILES string of the molecule is [C-]#[N+]c1ccc(NC(=O)C(C)(C)n2cc(C#CC3CNC3)cn2)cc1C(F)(F)F. The molecule has 1 amide bonds. The molecule has 1 fully saturated rings. The monoisotopic (exact) mass is 401 g/mol. The van der Waals surface area contributed by atoms with Crippen LogP contribution in [-0.4, -0.2) is 28.8 Å². The zero-order valence-electron chi connectivity index (χ0n) is 15.8. The van der Waals surface area contributed by atoms with Crippen LogP contribution in [0, 0.1) is 24.3 Å². The number of rotatable bonds is 3. The van der Waals surface area contributed by atoms with E-state index in [2.05, 4.69) is 32.4 Å². The minimum absolute atomic E-state index is 0.0487. The van der Waals surface area contributed by atoms with Crippen LogP contribution in [-0.2, 0) is 16.5 Å². The van der Waals surface area contributed by atoms with Crippen molar-refractivity contribution in [1.82, 2.24) is 15.1 Å². The van der Waals surface area contributed by atoms with Gasteiger partial charge >= 0.3 is 6.18 Å². The van der Waals surface area contributed by atoms with Crippen LogP contribution in [0.4, 0.5) is 24.5 Å². The zero-order valence-corrected chi connectivity index (χ0v) is 15.8. The van der Waals surface area contributed by atoms with Crippen molar-refractivity contribution in [2.45, 2.75) is 25.6 Å². The molecule has 150 valence electrons. The van der Waals surface area contributed by atoms with Crippen molar-refractivity contribution >= 4 is 17.3 Å². The second-order valence-electron chi connectivity index (χ2n) is 7.15. The Morgan fingerprint density at radius 2 is 2.10 bits per heavy atom. The number of alkyl halides is 3. The molecule has 1 aromatic heterocycles. The van der Waals surface area contributed by atoms with Gasteiger partial charge in [0.05, 0.1) is 23.9 Å². The second kappa shape index (κ2) is 7.61. The summed E-state index contributed by atoms with van der Waals surface area (Å²) in [6.07, 6.45) is -1.52. The summed E-state index contributed by atoms with van der Waals surface area (Å²) in [6, 6.07) is 3.06. The van der Waals surface area contributed by atoms with Gasteiger partial charge in [0.1, 0.15) is 5.54 Å². The first-order valence-corrected chi connectivity index (χ1v) is 8.79. The highest BCUT2D eigenvalue weighted by Crippen LogP contribution is 2.38. The van der Waals surface area contributed by atoms with E-state index in [1.165, 1.54) is 10.7 Å². The highest BCUT2D eigenvalue weighted by molar-refractivity contribution is 5.96. The molecule has 0 saturated carbocycles. The van der Waals surface area contributed by atoms with E-state index in [4.69, 9.17) is 6.57 Å². The predicted octanol–water partition coefficient (Wildman–Crippen LogP) is 3.40. The molecule has 0 atom stereocenters. The second-order valence-corrected chi connectivity index (χ2v) is 7.15. The van der Waals surface area contributed by atoms with Crippen LogP contribution in [0.3, 0.4) is 0 Å². The minimum Gasteiger partial charge on any atom is -0.324 e. The summed E-state index contributed by atoms with van der Waals surface area (Å²) in [6.45, 7) is 11.8. The van der Waals surface area contributed by atoms with Gasteiger partial charge in [0.15, 0.2) is 5.69 Å². The molecule has 6 nitrogen and oxygen atoms in total. The quantitative estimate of drug-likeness (QED) is 0.612. The van der Waals surface area contributed by atoms with Crippen LogP contribution in [0.2, 0.25) is 0 Å². The van der Waals surface area contributed by atoms with Gasteiger partial charge in [-0.15, -0.1) is 0 Å². The molecular formula is C20H18F3N5O. The summed E-state index contributed by atoms with van der Waals surface area (Å²) in [5.41, 5.74) is -2.18. The van der Waals surface area contributed by atoms with Crippen molar-refractivity contribution in [3.63, 3.8) is 0 Å². The van der Waals surface area contributed by atoms with E-state index in [0.717, 1.165) is 25.2 Å². The van der Waals surface area contributed by atoms with E-state index in [1.54, 1.807) is 26.2 Å². The summed E-state index contributed by atoms with van der Waals surface area (Å²) in [5.74, 6) is 5.86. The molecule has 2 aromatic rings. The van der Waals surface area contributed by atoms with Gasteiger partial charge in [-0.05, 0) is 26.0 Å². The van der Waals surface area contributed by atoms with Crippen molar-refractivity contribution in [3.05, 3.63) is 53.1 Å². The van der Waals surface area contributed by atoms with Gasteiger partial charge in [0, 0.05) is 30.9 Å². The molecular weight excluding hydrogens is 383 g/mol. The molecule has 1 saturated heterocycles. The highest BCUT2D eigenvalue weighted by Gasteiger charge is 2.35. The van der Waals surface area contributed by atoms with Crippen LogP contribution in [0.15, 0.2) is 30.6 Å². The molecule has 0 unspecified atom stereocenters. The van der Waals surface area contributed by atoms with Crippen LogP contribution in [0.5, 0.6) is 0 Å². The predicted molar refractivity (Wildman–Crippen MR) is 101 cm³/mol.